The summed E-state index contributed by atoms with van der Waals surface area (Å²) in [6.45, 7) is 0.496. The summed E-state index contributed by atoms with van der Waals surface area (Å²) in [4.78, 5) is 11.0. The Bertz CT molecular complexity index is 675. The number of carbonyl (C=O) groups excluding carboxylic acids is 1. The predicted molar refractivity (Wildman–Crippen MR) is 73.4 cm³/mol. The molecule has 0 aromatic heterocycles. The van der Waals surface area contributed by atoms with Crippen molar-refractivity contribution in [1.29, 1.82) is 5.26 Å². The van der Waals surface area contributed by atoms with Gasteiger partial charge in [-0.25, -0.2) is 4.39 Å². The number of nitrogens with zero attached hydrogens (tertiary/aromatic N) is 1. The van der Waals surface area contributed by atoms with Gasteiger partial charge >= 0.3 is 0 Å². The van der Waals surface area contributed by atoms with E-state index < -0.39 is 11.7 Å². The van der Waals surface area contributed by atoms with E-state index in [4.69, 9.17) is 11.0 Å². The van der Waals surface area contributed by atoms with Crippen molar-refractivity contribution in [2.75, 3.05) is 5.32 Å². The zero-order chi connectivity index (χ0) is 14.5. The Kier molecular flexibility index (Phi) is 3.96. The van der Waals surface area contributed by atoms with Crippen LogP contribution in [0.5, 0.6) is 0 Å². The number of anilines is 1. The highest BCUT2D eigenvalue weighted by Crippen LogP contribution is 2.15. The Morgan fingerprint density at radius 3 is 2.55 bits per heavy atom. The molecule has 0 bridgehead atoms. The van der Waals surface area contributed by atoms with Crippen molar-refractivity contribution >= 4 is 11.6 Å². The van der Waals surface area contributed by atoms with Gasteiger partial charge in [-0.15, -0.1) is 0 Å². The molecule has 2 aromatic carbocycles. The number of primary amides is 1. The first-order chi connectivity index (χ1) is 9.60. The van der Waals surface area contributed by atoms with E-state index in [1.165, 1.54) is 18.2 Å². The maximum absolute atomic E-state index is 13.3. The summed E-state index contributed by atoms with van der Waals surface area (Å²) in [7, 11) is 0. The van der Waals surface area contributed by atoms with E-state index in [1.807, 2.05) is 18.2 Å². The average Bonchev–Trinajstić information content (AvgIpc) is 2.46. The molecule has 5 heteroatoms. The molecular formula is C15H12FN3O. The first kappa shape index (κ1) is 13.6. The van der Waals surface area contributed by atoms with Gasteiger partial charge in [0.2, 0.25) is 0 Å². The molecule has 0 spiro atoms. The number of rotatable bonds is 4. The Morgan fingerprint density at radius 2 is 1.95 bits per heavy atom. The minimum Gasteiger partial charge on any atom is -0.381 e. The van der Waals surface area contributed by atoms with E-state index in [9.17, 15) is 9.18 Å². The van der Waals surface area contributed by atoms with Crippen LogP contribution in [-0.2, 0) is 6.54 Å². The van der Waals surface area contributed by atoms with Gasteiger partial charge in [0, 0.05) is 12.2 Å². The van der Waals surface area contributed by atoms with Gasteiger partial charge in [0.25, 0.3) is 5.91 Å². The summed E-state index contributed by atoms with van der Waals surface area (Å²) in [6, 6.07) is 13.2. The third-order valence-corrected chi connectivity index (χ3v) is 2.81. The summed E-state index contributed by atoms with van der Waals surface area (Å²) in [5.41, 5.74) is 7.10. The second-order valence-corrected chi connectivity index (χ2v) is 4.22. The second kappa shape index (κ2) is 5.85. The van der Waals surface area contributed by atoms with Crippen molar-refractivity contribution in [2.24, 2.45) is 5.73 Å². The first-order valence-corrected chi connectivity index (χ1v) is 5.92. The van der Waals surface area contributed by atoms with Gasteiger partial charge in [0.15, 0.2) is 0 Å². The molecule has 3 N–H and O–H groups in total. The van der Waals surface area contributed by atoms with Crippen LogP contribution in [0.2, 0.25) is 0 Å². The number of nitrogens with one attached hydrogen (secondary N) is 1. The van der Waals surface area contributed by atoms with Gasteiger partial charge in [-0.05, 0) is 35.9 Å². The fourth-order valence-electron chi connectivity index (χ4n) is 1.73. The number of carbonyl (C=O) groups is 1. The minimum absolute atomic E-state index is 0.144. The number of hydrogen-bond acceptors (Lipinski definition) is 3. The van der Waals surface area contributed by atoms with E-state index in [0.717, 1.165) is 5.56 Å². The lowest BCUT2D eigenvalue weighted by molar-refractivity contribution is 0.0996. The van der Waals surface area contributed by atoms with Crippen molar-refractivity contribution < 1.29 is 9.18 Å². The van der Waals surface area contributed by atoms with Crippen LogP contribution < -0.4 is 11.1 Å². The van der Waals surface area contributed by atoms with Crippen molar-refractivity contribution in [3.8, 4) is 6.07 Å². The van der Waals surface area contributed by atoms with Crippen LogP contribution >= 0.6 is 0 Å². The van der Waals surface area contributed by atoms with E-state index in [-0.39, 0.29) is 5.56 Å². The normalized spacial score (nSPS) is 9.80. The van der Waals surface area contributed by atoms with E-state index in [0.29, 0.717) is 17.8 Å². The van der Waals surface area contributed by atoms with Gasteiger partial charge in [-0.2, -0.15) is 5.26 Å². The Balaban J connectivity index is 2.09. The molecule has 0 heterocycles. The van der Waals surface area contributed by atoms with Gasteiger partial charge in [-0.3, -0.25) is 4.79 Å². The molecule has 0 radical (unpaired) electrons. The summed E-state index contributed by atoms with van der Waals surface area (Å²) >= 11 is 0. The fraction of sp³-hybridized carbons (Fsp3) is 0.0667. The van der Waals surface area contributed by atoms with Crippen LogP contribution in [0, 0.1) is 17.1 Å². The van der Waals surface area contributed by atoms with E-state index in [1.54, 1.807) is 12.1 Å². The lowest BCUT2D eigenvalue weighted by Crippen LogP contribution is -2.13. The molecule has 1 amide bonds. The molecular weight excluding hydrogens is 257 g/mol. The number of amides is 1. The molecule has 20 heavy (non-hydrogen) atoms. The van der Waals surface area contributed by atoms with Crippen molar-refractivity contribution in [2.45, 2.75) is 6.54 Å². The van der Waals surface area contributed by atoms with Crippen molar-refractivity contribution in [3.63, 3.8) is 0 Å². The fourth-order valence-corrected chi connectivity index (χ4v) is 1.73. The smallest absolute Gasteiger partial charge is 0.251 e. The Hall–Kier alpha value is -2.87. The van der Waals surface area contributed by atoms with Crippen LogP contribution in [-0.4, -0.2) is 5.91 Å². The summed E-state index contributed by atoms with van der Waals surface area (Å²) in [5.74, 6) is -1.44. The second-order valence-electron chi connectivity index (χ2n) is 4.22. The maximum Gasteiger partial charge on any atom is 0.251 e. The third-order valence-electron chi connectivity index (χ3n) is 2.81. The molecule has 2 rings (SSSR count). The SMILES string of the molecule is N#Cc1ccc(CNc2ccc(F)c(C(N)=O)c2)cc1. The number of hydrogen-bond donors (Lipinski definition) is 2. The number of nitrogens with two attached hydrogens (primary N) is 1. The Morgan fingerprint density at radius 1 is 1.25 bits per heavy atom. The summed E-state index contributed by atoms with van der Waals surface area (Å²) in [5, 5.41) is 11.8. The monoisotopic (exact) mass is 269 g/mol. The molecule has 0 saturated heterocycles. The third kappa shape index (κ3) is 3.12. The maximum atomic E-state index is 13.3. The van der Waals surface area contributed by atoms with Gasteiger partial charge in [0.05, 0.1) is 17.2 Å². The van der Waals surface area contributed by atoms with Crippen molar-refractivity contribution in [1.82, 2.24) is 0 Å². The summed E-state index contributed by atoms with van der Waals surface area (Å²) in [6.07, 6.45) is 0. The molecule has 0 aliphatic heterocycles. The molecule has 4 nitrogen and oxygen atoms in total. The number of benzene rings is 2. The highest BCUT2D eigenvalue weighted by Gasteiger charge is 2.08. The molecule has 0 unspecified atom stereocenters. The quantitative estimate of drug-likeness (QED) is 0.894. The lowest BCUT2D eigenvalue weighted by Gasteiger charge is -2.08. The zero-order valence-corrected chi connectivity index (χ0v) is 10.6. The molecule has 0 atom stereocenters. The van der Waals surface area contributed by atoms with Gasteiger partial charge in [-0.1, -0.05) is 12.1 Å². The van der Waals surface area contributed by atoms with Gasteiger partial charge in [0.1, 0.15) is 5.82 Å². The standard InChI is InChI=1S/C15H12FN3O/c16-14-6-5-12(7-13(14)15(18)20)19-9-11-3-1-10(8-17)2-4-11/h1-7,19H,9H2,(H2,18,20). The first-order valence-electron chi connectivity index (χ1n) is 5.92. The number of halogens is 1. The average molecular weight is 269 g/mol. The van der Waals surface area contributed by atoms with Crippen molar-refractivity contribution in [3.05, 3.63) is 65.0 Å². The highest BCUT2D eigenvalue weighted by atomic mass is 19.1. The highest BCUT2D eigenvalue weighted by molar-refractivity contribution is 5.94. The molecule has 100 valence electrons. The van der Waals surface area contributed by atoms with E-state index in [2.05, 4.69) is 5.32 Å². The lowest BCUT2D eigenvalue weighted by atomic mass is 10.1. The van der Waals surface area contributed by atoms with E-state index >= 15 is 0 Å². The van der Waals surface area contributed by atoms with Crippen LogP contribution in [0.3, 0.4) is 0 Å². The van der Waals surface area contributed by atoms with Crippen LogP contribution in [0.1, 0.15) is 21.5 Å². The largest absolute Gasteiger partial charge is 0.381 e. The predicted octanol–water partition coefficient (Wildman–Crippen LogP) is 2.41. The topological polar surface area (TPSA) is 78.9 Å². The minimum atomic E-state index is -0.801. The summed E-state index contributed by atoms with van der Waals surface area (Å²) < 4.78 is 13.3. The molecule has 2 aromatic rings. The molecule has 0 saturated carbocycles. The van der Waals surface area contributed by atoms with Crippen LogP contribution in [0.4, 0.5) is 10.1 Å². The van der Waals surface area contributed by atoms with Crippen LogP contribution in [0.25, 0.3) is 0 Å². The van der Waals surface area contributed by atoms with Crippen LogP contribution in [0.15, 0.2) is 42.5 Å². The molecule has 0 aliphatic rings. The molecule has 0 aliphatic carbocycles. The zero-order valence-electron chi connectivity index (χ0n) is 10.6. The molecule has 0 fully saturated rings. The Labute approximate surface area is 115 Å². The number of nitriles is 1. The van der Waals surface area contributed by atoms with Gasteiger partial charge < -0.3 is 11.1 Å².